The van der Waals surface area contributed by atoms with Crippen molar-refractivity contribution < 1.29 is 13.3 Å². The van der Waals surface area contributed by atoms with Crippen LogP contribution in [-0.2, 0) is 9.84 Å². The van der Waals surface area contributed by atoms with Crippen LogP contribution >= 0.6 is 0 Å². The summed E-state index contributed by atoms with van der Waals surface area (Å²) in [5.74, 6) is -0.0460. The highest BCUT2D eigenvalue weighted by Crippen LogP contribution is 2.21. The molecule has 0 aliphatic rings. The lowest BCUT2D eigenvalue weighted by molar-refractivity contribution is -0.384. The smallest absolute Gasteiger partial charge is 0.273 e. The number of nitro groups is 1. The number of nitrogens with two attached hydrogens (primary N) is 1. The van der Waals surface area contributed by atoms with Gasteiger partial charge in [0.05, 0.1) is 10.7 Å². The number of hydrogen-bond donors (Lipinski definition) is 2. The summed E-state index contributed by atoms with van der Waals surface area (Å²) >= 11 is 0. The summed E-state index contributed by atoms with van der Waals surface area (Å²) in [5, 5.41) is 13.3. The number of sulfone groups is 1. The Bertz CT molecular complexity index is 527. The highest BCUT2D eigenvalue weighted by molar-refractivity contribution is 7.90. The average Bonchev–Trinajstić information content (AvgIpc) is 2.14. The number of non-ortho nitro benzene ring substituents is 1. The van der Waals surface area contributed by atoms with E-state index in [9.17, 15) is 18.5 Å². The Morgan fingerprint density at radius 2 is 2.06 bits per heavy atom. The van der Waals surface area contributed by atoms with Crippen LogP contribution in [0.4, 0.5) is 17.1 Å². The molecule has 0 amide bonds. The monoisotopic (exact) mass is 259 g/mol. The van der Waals surface area contributed by atoms with Gasteiger partial charge in [0.2, 0.25) is 0 Å². The van der Waals surface area contributed by atoms with E-state index in [1.165, 1.54) is 18.2 Å². The van der Waals surface area contributed by atoms with Gasteiger partial charge in [0.25, 0.3) is 5.69 Å². The van der Waals surface area contributed by atoms with Gasteiger partial charge in [-0.2, -0.15) is 0 Å². The van der Waals surface area contributed by atoms with Crippen LogP contribution in [-0.4, -0.2) is 31.9 Å². The van der Waals surface area contributed by atoms with Crippen molar-refractivity contribution in [2.75, 3.05) is 29.6 Å². The molecule has 3 N–H and O–H groups in total. The lowest BCUT2D eigenvalue weighted by atomic mass is 10.2. The summed E-state index contributed by atoms with van der Waals surface area (Å²) in [6.45, 7) is 0.180. The lowest BCUT2D eigenvalue weighted by Crippen LogP contribution is -2.14. The molecule has 0 bridgehead atoms. The topological polar surface area (TPSA) is 115 Å². The third kappa shape index (κ3) is 4.68. The first-order valence-corrected chi connectivity index (χ1v) is 6.80. The number of nitro benzene ring substituents is 1. The van der Waals surface area contributed by atoms with Gasteiger partial charge in [0.15, 0.2) is 0 Å². The van der Waals surface area contributed by atoms with Crippen LogP contribution in [0.2, 0.25) is 0 Å². The Morgan fingerprint density at radius 3 is 2.59 bits per heavy atom. The van der Waals surface area contributed by atoms with E-state index in [1.54, 1.807) is 0 Å². The van der Waals surface area contributed by atoms with E-state index < -0.39 is 14.8 Å². The highest BCUT2D eigenvalue weighted by Gasteiger charge is 2.08. The number of nitrogens with zero attached hydrogens (tertiary/aromatic N) is 1. The number of nitrogen functional groups attached to an aromatic ring is 1. The number of rotatable bonds is 5. The molecule has 17 heavy (non-hydrogen) atoms. The van der Waals surface area contributed by atoms with Crippen LogP contribution in [0.25, 0.3) is 0 Å². The van der Waals surface area contributed by atoms with Gasteiger partial charge in [-0.05, 0) is 6.07 Å². The van der Waals surface area contributed by atoms with Crippen molar-refractivity contribution in [2.45, 2.75) is 0 Å². The minimum absolute atomic E-state index is 0.0460. The molecule has 0 unspecified atom stereocenters. The highest BCUT2D eigenvalue weighted by atomic mass is 32.2. The molecule has 0 atom stereocenters. The van der Waals surface area contributed by atoms with Crippen LogP contribution in [0.1, 0.15) is 0 Å². The molecular weight excluding hydrogens is 246 g/mol. The van der Waals surface area contributed by atoms with Crippen LogP contribution < -0.4 is 11.1 Å². The van der Waals surface area contributed by atoms with Gasteiger partial charge in [-0.15, -0.1) is 0 Å². The first-order chi connectivity index (χ1) is 7.78. The van der Waals surface area contributed by atoms with Crippen LogP contribution in [0.15, 0.2) is 18.2 Å². The number of hydrogen-bond acceptors (Lipinski definition) is 6. The summed E-state index contributed by atoms with van der Waals surface area (Å²) in [5.41, 5.74) is 6.04. The van der Waals surface area contributed by atoms with E-state index in [0.717, 1.165) is 6.26 Å². The Hall–Kier alpha value is -1.83. The largest absolute Gasteiger partial charge is 0.398 e. The molecule has 0 saturated carbocycles. The SMILES string of the molecule is CS(=O)(=O)CCNc1cc(N)cc([N+](=O)[O-])c1. The maximum Gasteiger partial charge on any atom is 0.273 e. The molecule has 0 aliphatic carbocycles. The van der Waals surface area contributed by atoms with Gasteiger partial charge in [-0.25, -0.2) is 8.42 Å². The predicted molar refractivity (Wildman–Crippen MR) is 65.7 cm³/mol. The van der Waals surface area contributed by atoms with Crippen molar-refractivity contribution in [3.05, 3.63) is 28.3 Å². The van der Waals surface area contributed by atoms with Crippen LogP contribution in [0.5, 0.6) is 0 Å². The molecule has 0 aromatic heterocycles. The number of benzene rings is 1. The molecule has 8 heteroatoms. The van der Waals surface area contributed by atoms with E-state index in [0.29, 0.717) is 5.69 Å². The third-order valence-corrected chi connectivity index (χ3v) is 2.90. The molecular formula is C9H13N3O4S. The van der Waals surface area contributed by atoms with E-state index >= 15 is 0 Å². The fraction of sp³-hybridized carbons (Fsp3) is 0.333. The average molecular weight is 259 g/mol. The summed E-state index contributed by atoms with van der Waals surface area (Å²) in [6, 6.07) is 4.05. The summed E-state index contributed by atoms with van der Waals surface area (Å²) in [4.78, 5) is 10.0. The summed E-state index contributed by atoms with van der Waals surface area (Å²) in [7, 11) is -3.06. The van der Waals surface area contributed by atoms with Crippen molar-refractivity contribution >= 4 is 26.9 Å². The molecule has 0 saturated heterocycles. The lowest BCUT2D eigenvalue weighted by Gasteiger charge is -2.06. The van der Waals surface area contributed by atoms with E-state index in [-0.39, 0.29) is 23.7 Å². The molecule has 1 aromatic rings. The second-order valence-corrected chi connectivity index (χ2v) is 5.89. The maximum atomic E-state index is 10.9. The first-order valence-electron chi connectivity index (χ1n) is 4.74. The van der Waals surface area contributed by atoms with Crippen molar-refractivity contribution in [3.8, 4) is 0 Å². The van der Waals surface area contributed by atoms with Gasteiger partial charge < -0.3 is 11.1 Å². The second kappa shape index (κ2) is 5.00. The Labute approximate surface area is 98.7 Å². The van der Waals surface area contributed by atoms with Gasteiger partial charge in [0, 0.05) is 36.3 Å². The third-order valence-electron chi connectivity index (χ3n) is 1.95. The van der Waals surface area contributed by atoms with E-state index in [4.69, 9.17) is 5.73 Å². The molecule has 0 spiro atoms. The van der Waals surface area contributed by atoms with Crippen LogP contribution in [0, 0.1) is 10.1 Å². The fourth-order valence-corrected chi connectivity index (χ4v) is 1.70. The molecule has 1 rings (SSSR count). The molecule has 7 nitrogen and oxygen atoms in total. The zero-order valence-electron chi connectivity index (χ0n) is 9.21. The number of nitrogens with one attached hydrogen (secondary N) is 1. The van der Waals surface area contributed by atoms with Gasteiger partial charge in [-0.3, -0.25) is 10.1 Å². The Kier molecular flexibility index (Phi) is 3.89. The summed E-state index contributed by atoms with van der Waals surface area (Å²) < 4.78 is 21.8. The number of anilines is 2. The quantitative estimate of drug-likeness (QED) is 0.455. The minimum atomic E-state index is -3.06. The maximum absolute atomic E-state index is 10.9. The minimum Gasteiger partial charge on any atom is -0.398 e. The van der Waals surface area contributed by atoms with Crippen molar-refractivity contribution in [1.29, 1.82) is 0 Å². The van der Waals surface area contributed by atoms with Crippen molar-refractivity contribution in [1.82, 2.24) is 0 Å². The Balaban J connectivity index is 2.75. The van der Waals surface area contributed by atoms with Crippen LogP contribution in [0.3, 0.4) is 0 Å². The molecule has 0 radical (unpaired) electrons. The van der Waals surface area contributed by atoms with Gasteiger partial charge in [-0.1, -0.05) is 0 Å². The summed E-state index contributed by atoms with van der Waals surface area (Å²) in [6.07, 6.45) is 1.12. The van der Waals surface area contributed by atoms with Crippen molar-refractivity contribution in [2.24, 2.45) is 0 Å². The van der Waals surface area contributed by atoms with Gasteiger partial charge in [0.1, 0.15) is 9.84 Å². The first kappa shape index (κ1) is 13.2. The second-order valence-electron chi connectivity index (χ2n) is 3.63. The zero-order chi connectivity index (χ0) is 13.1. The Morgan fingerprint density at radius 1 is 1.41 bits per heavy atom. The molecule has 0 aliphatic heterocycles. The molecule has 0 fully saturated rings. The van der Waals surface area contributed by atoms with E-state index in [1.807, 2.05) is 0 Å². The van der Waals surface area contributed by atoms with Gasteiger partial charge >= 0.3 is 0 Å². The predicted octanol–water partition coefficient (Wildman–Crippen LogP) is 0.633. The van der Waals surface area contributed by atoms with E-state index in [2.05, 4.69) is 5.32 Å². The normalized spacial score (nSPS) is 11.1. The standard InChI is InChI=1S/C9H13N3O4S/c1-17(15,16)3-2-11-8-4-7(10)5-9(6-8)12(13)14/h4-6,11H,2-3,10H2,1H3. The van der Waals surface area contributed by atoms with Crippen molar-refractivity contribution in [3.63, 3.8) is 0 Å². The molecule has 0 heterocycles. The fourth-order valence-electron chi connectivity index (χ4n) is 1.22. The molecule has 94 valence electrons. The molecule has 1 aromatic carbocycles. The zero-order valence-corrected chi connectivity index (χ0v) is 10.0.